The SMILES string of the molecule is CC.CC(C)c1ccc2c(c1)C=CNC2. The van der Waals surface area contributed by atoms with Crippen molar-refractivity contribution in [2.24, 2.45) is 0 Å². The zero-order valence-corrected chi connectivity index (χ0v) is 10.2. The molecule has 0 aliphatic carbocycles. The molecule has 1 aromatic rings. The van der Waals surface area contributed by atoms with E-state index in [2.05, 4.69) is 43.4 Å². The van der Waals surface area contributed by atoms with Gasteiger partial charge in [0.05, 0.1) is 0 Å². The molecule has 1 heterocycles. The standard InChI is InChI=1S/C12H15N.C2H6/c1-9(2)10-3-4-12-8-13-6-5-11(12)7-10;1-2/h3-7,9,13H,8H2,1-2H3;1-2H3. The third-order valence-corrected chi connectivity index (χ3v) is 2.51. The van der Waals surface area contributed by atoms with Crippen molar-refractivity contribution in [3.8, 4) is 0 Å². The molecular formula is C14H21N. The van der Waals surface area contributed by atoms with Crippen molar-refractivity contribution in [3.63, 3.8) is 0 Å². The Morgan fingerprint density at radius 1 is 1.20 bits per heavy atom. The number of fused-ring (bicyclic) bond motifs is 1. The Kier molecular flexibility index (Phi) is 4.41. The summed E-state index contributed by atoms with van der Waals surface area (Å²) in [6, 6.07) is 6.74. The summed E-state index contributed by atoms with van der Waals surface area (Å²) in [6.45, 7) is 9.42. The molecule has 1 heteroatoms. The fourth-order valence-electron chi connectivity index (χ4n) is 1.61. The minimum atomic E-state index is 0.619. The van der Waals surface area contributed by atoms with E-state index < -0.39 is 0 Å². The van der Waals surface area contributed by atoms with Gasteiger partial charge in [-0.1, -0.05) is 45.9 Å². The molecular weight excluding hydrogens is 182 g/mol. The number of nitrogens with one attached hydrogen (secondary N) is 1. The first-order chi connectivity index (χ1) is 7.27. The van der Waals surface area contributed by atoms with E-state index in [1.165, 1.54) is 16.7 Å². The Balaban J connectivity index is 0.000000531. The number of hydrogen-bond acceptors (Lipinski definition) is 1. The van der Waals surface area contributed by atoms with E-state index in [0.717, 1.165) is 6.54 Å². The van der Waals surface area contributed by atoms with Crippen molar-refractivity contribution in [2.75, 3.05) is 0 Å². The Hall–Kier alpha value is -1.24. The van der Waals surface area contributed by atoms with Crippen LogP contribution in [0.4, 0.5) is 0 Å². The molecule has 0 spiro atoms. The molecule has 0 atom stereocenters. The normalized spacial score (nSPS) is 12.6. The van der Waals surface area contributed by atoms with Gasteiger partial charge in [-0.2, -0.15) is 0 Å². The summed E-state index contributed by atoms with van der Waals surface area (Å²) in [5.41, 5.74) is 4.18. The van der Waals surface area contributed by atoms with Crippen molar-refractivity contribution >= 4 is 6.08 Å². The first-order valence-corrected chi connectivity index (χ1v) is 5.80. The van der Waals surface area contributed by atoms with Gasteiger partial charge in [0.15, 0.2) is 0 Å². The second-order valence-corrected chi connectivity index (χ2v) is 3.83. The molecule has 82 valence electrons. The summed E-state index contributed by atoms with van der Waals surface area (Å²) in [5.74, 6) is 0.619. The molecule has 0 radical (unpaired) electrons. The Morgan fingerprint density at radius 2 is 1.93 bits per heavy atom. The predicted molar refractivity (Wildman–Crippen MR) is 67.8 cm³/mol. The highest BCUT2D eigenvalue weighted by Gasteiger charge is 2.05. The first kappa shape index (κ1) is 11.8. The van der Waals surface area contributed by atoms with E-state index in [1.54, 1.807) is 0 Å². The lowest BCUT2D eigenvalue weighted by Gasteiger charge is -2.14. The molecule has 0 bridgehead atoms. The second kappa shape index (κ2) is 5.59. The highest BCUT2D eigenvalue weighted by molar-refractivity contribution is 5.57. The molecule has 1 aromatic carbocycles. The summed E-state index contributed by atoms with van der Waals surface area (Å²) < 4.78 is 0. The van der Waals surface area contributed by atoms with Crippen LogP contribution in [0.1, 0.15) is 50.3 Å². The molecule has 2 rings (SSSR count). The highest BCUT2D eigenvalue weighted by Crippen LogP contribution is 2.21. The maximum Gasteiger partial charge on any atom is 0.0401 e. The summed E-state index contributed by atoms with van der Waals surface area (Å²) in [5, 5.41) is 3.21. The van der Waals surface area contributed by atoms with E-state index in [-0.39, 0.29) is 0 Å². The fourth-order valence-corrected chi connectivity index (χ4v) is 1.61. The summed E-state index contributed by atoms with van der Waals surface area (Å²) >= 11 is 0. The van der Waals surface area contributed by atoms with Crippen molar-refractivity contribution in [3.05, 3.63) is 41.1 Å². The Bertz CT molecular complexity index is 337. The van der Waals surface area contributed by atoms with E-state index in [9.17, 15) is 0 Å². The predicted octanol–water partition coefficient (Wildman–Crippen LogP) is 3.91. The zero-order valence-electron chi connectivity index (χ0n) is 10.2. The molecule has 1 aliphatic heterocycles. The van der Waals surface area contributed by atoms with Crippen LogP contribution in [0.2, 0.25) is 0 Å². The third-order valence-electron chi connectivity index (χ3n) is 2.51. The van der Waals surface area contributed by atoms with Gasteiger partial charge in [0, 0.05) is 6.54 Å². The molecule has 0 fully saturated rings. The first-order valence-electron chi connectivity index (χ1n) is 5.80. The second-order valence-electron chi connectivity index (χ2n) is 3.83. The van der Waals surface area contributed by atoms with Crippen molar-refractivity contribution < 1.29 is 0 Å². The van der Waals surface area contributed by atoms with E-state index in [0.29, 0.717) is 5.92 Å². The summed E-state index contributed by atoms with van der Waals surface area (Å²) in [7, 11) is 0. The van der Waals surface area contributed by atoms with Gasteiger partial charge in [-0.05, 0) is 34.9 Å². The van der Waals surface area contributed by atoms with Crippen molar-refractivity contribution in [1.82, 2.24) is 5.32 Å². The maximum atomic E-state index is 3.21. The number of benzene rings is 1. The van der Waals surface area contributed by atoms with Crippen molar-refractivity contribution in [1.29, 1.82) is 0 Å². The molecule has 1 nitrogen and oxygen atoms in total. The Morgan fingerprint density at radius 3 is 2.60 bits per heavy atom. The van der Waals surface area contributed by atoms with E-state index in [4.69, 9.17) is 0 Å². The summed E-state index contributed by atoms with van der Waals surface area (Å²) in [4.78, 5) is 0. The number of rotatable bonds is 1. The van der Waals surface area contributed by atoms with Crippen LogP contribution < -0.4 is 5.32 Å². The lowest BCUT2D eigenvalue weighted by Crippen LogP contribution is -2.10. The maximum absolute atomic E-state index is 3.21. The van der Waals surface area contributed by atoms with Gasteiger partial charge < -0.3 is 5.32 Å². The molecule has 1 N–H and O–H groups in total. The van der Waals surface area contributed by atoms with E-state index in [1.807, 2.05) is 20.0 Å². The van der Waals surface area contributed by atoms with Gasteiger partial charge in [-0.25, -0.2) is 0 Å². The average molecular weight is 203 g/mol. The summed E-state index contributed by atoms with van der Waals surface area (Å²) in [6.07, 6.45) is 4.16. The van der Waals surface area contributed by atoms with Gasteiger partial charge in [0.25, 0.3) is 0 Å². The molecule has 0 unspecified atom stereocenters. The lowest BCUT2D eigenvalue weighted by molar-refractivity contribution is 0.840. The van der Waals surface area contributed by atoms with Crippen LogP contribution in [0.25, 0.3) is 6.08 Å². The van der Waals surface area contributed by atoms with Gasteiger partial charge in [0.1, 0.15) is 0 Å². The smallest absolute Gasteiger partial charge is 0.0401 e. The molecule has 0 aromatic heterocycles. The van der Waals surface area contributed by atoms with Gasteiger partial charge in [-0.3, -0.25) is 0 Å². The van der Waals surface area contributed by atoms with E-state index >= 15 is 0 Å². The van der Waals surface area contributed by atoms with Crippen molar-refractivity contribution in [2.45, 2.75) is 40.2 Å². The average Bonchev–Trinajstić information content (AvgIpc) is 2.31. The van der Waals surface area contributed by atoms with Gasteiger partial charge >= 0.3 is 0 Å². The van der Waals surface area contributed by atoms with Crippen LogP contribution in [0.5, 0.6) is 0 Å². The quantitative estimate of drug-likeness (QED) is 0.729. The van der Waals surface area contributed by atoms with Crippen LogP contribution >= 0.6 is 0 Å². The van der Waals surface area contributed by atoms with Crippen LogP contribution in [0.15, 0.2) is 24.4 Å². The van der Waals surface area contributed by atoms with Gasteiger partial charge in [0.2, 0.25) is 0 Å². The van der Waals surface area contributed by atoms with Gasteiger partial charge in [-0.15, -0.1) is 0 Å². The molecule has 15 heavy (non-hydrogen) atoms. The molecule has 0 saturated carbocycles. The molecule has 0 saturated heterocycles. The molecule has 0 amide bonds. The fraction of sp³-hybridized carbons (Fsp3) is 0.429. The molecule has 1 aliphatic rings. The minimum absolute atomic E-state index is 0.619. The highest BCUT2D eigenvalue weighted by atomic mass is 14.8. The Labute approximate surface area is 93.2 Å². The third kappa shape index (κ3) is 2.85. The lowest BCUT2D eigenvalue weighted by atomic mass is 9.96. The van der Waals surface area contributed by atoms with Crippen LogP contribution in [0, 0.1) is 0 Å². The largest absolute Gasteiger partial charge is 0.387 e. The topological polar surface area (TPSA) is 12.0 Å². The van der Waals surface area contributed by atoms with Crippen LogP contribution in [-0.2, 0) is 6.54 Å². The minimum Gasteiger partial charge on any atom is -0.387 e. The zero-order chi connectivity index (χ0) is 11.3. The number of hydrogen-bond donors (Lipinski definition) is 1. The van der Waals surface area contributed by atoms with Crippen LogP contribution in [0.3, 0.4) is 0 Å². The van der Waals surface area contributed by atoms with Crippen LogP contribution in [-0.4, -0.2) is 0 Å². The monoisotopic (exact) mass is 203 g/mol.